The summed E-state index contributed by atoms with van der Waals surface area (Å²) in [5.74, 6) is -0.00612. The molecule has 0 spiro atoms. The highest BCUT2D eigenvalue weighted by molar-refractivity contribution is 7.90. The van der Waals surface area contributed by atoms with Crippen LogP contribution in [0.5, 0.6) is 0 Å². The van der Waals surface area contributed by atoms with E-state index in [0.29, 0.717) is 24.3 Å². The molecule has 0 aliphatic rings. The van der Waals surface area contributed by atoms with Gasteiger partial charge in [0.15, 0.2) is 9.84 Å². The Kier molecular flexibility index (Phi) is 5.14. The summed E-state index contributed by atoms with van der Waals surface area (Å²) in [5, 5.41) is 6.84. The first-order chi connectivity index (χ1) is 9.95. The molecule has 0 saturated carbocycles. The van der Waals surface area contributed by atoms with Crippen molar-refractivity contribution in [1.82, 2.24) is 5.32 Å². The zero-order valence-corrected chi connectivity index (χ0v) is 13.3. The Balaban J connectivity index is 1.81. The predicted molar refractivity (Wildman–Crippen MR) is 84.0 cm³/mol. The summed E-state index contributed by atoms with van der Waals surface area (Å²) in [5.41, 5.74) is 2.05. The van der Waals surface area contributed by atoms with Crippen LogP contribution in [0.3, 0.4) is 0 Å². The van der Waals surface area contributed by atoms with E-state index in [9.17, 15) is 13.2 Å². The third-order valence-electron chi connectivity index (χ3n) is 3.06. The molecule has 2 aromatic rings. The average molecular weight is 323 g/mol. The van der Waals surface area contributed by atoms with Crippen LogP contribution >= 0.6 is 11.3 Å². The van der Waals surface area contributed by atoms with Gasteiger partial charge in [-0.25, -0.2) is 8.42 Å². The summed E-state index contributed by atoms with van der Waals surface area (Å²) in [6.45, 7) is 0.551. The van der Waals surface area contributed by atoms with Crippen LogP contribution in [-0.4, -0.2) is 20.6 Å². The Morgan fingerprint density at radius 3 is 2.43 bits per heavy atom. The van der Waals surface area contributed by atoms with Gasteiger partial charge in [0.25, 0.3) is 0 Å². The Morgan fingerprint density at radius 1 is 1.14 bits per heavy atom. The lowest BCUT2D eigenvalue weighted by Crippen LogP contribution is -2.22. The molecule has 0 bridgehead atoms. The van der Waals surface area contributed by atoms with Crippen LogP contribution in [0.2, 0.25) is 0 Å². The number of sulfone groups is 1. The van der Waals surface area contributed by atoms with Crippen molar-refractivity contribution in [1.29, 1.82) is 0 Å². The van der Waals surface area contributed by atoms with Gasteiger partial charge in [-0.1, -0.05) is 12.1 Å². The Labute approximate surface area is 128 Å². The van der Waals surface area contributed by atoms with Gasteiger partial charge >= 0.3 is 0 Å². The molecule has 0 saturated heterocycles. The van der Waals surface area contributed by atoms with Crippen molar-refractivity contribution < 1.29 is 13.2 Å². The zero-order valence-electron chi connectivity index (χ0n) is 11.7. The standard InChI is InChI=1S/C15H17NO3S2/c1-21(18,19)14-5-2-12(3-6-14)4-7-15(17)16-10-13-8-9-20-11-13/h2-3,5-6,8-9,11H,4,7,10H2,1H3,(H,16,17). The van der Waals surface area contributed by atoms with E-state index >= 15 is 0 Å². The first-order valence-electron chi connectivity index (χ1n) is 6.52. The maximum absolute atomic E-state index is 11.7. The largest absolute Gasteiger partial charge is 0.352 e. The van der Waals surface area contributed by atoms with Crippen molar-refractivity contribution >= 4 is 27.1 Å². The molecule has 1 aromatic carbocycles. The van der Waals surface area contributed by atoms with Gasteiger partial charge in [0.1, 0.15) is 0 Å². The summed E-state index contributed by atoms with van der Waals surface area (Å²) in [6.07, 6.45) is 2.17. The zero-order chi connectivity index (χ0) is 15.3. The van der Waals surface area contributed by atoms with E-state index in [4.69, 9.17) is 0 Å². The summed E-state index contributed by atoms with van der Waals surface area (Å²) in [7, 11) is -3.16. The molecule has 112 valence electrons. The van der Waals surface area contributed by atoms with Gasteiger partial charge in [0.2, 0.25) is 5.91 Å². The van der Waals surface area contributed by atoms with Crippen molar-refractivity contribution in [3.63, 3.8) is 0 Å². The van der Waals surface area contributed by atoms with Crippen molar-refractivity contribution in [3.05, 3.63) is 52.2 Å². The van der Waals surface area contributed by atoms with Gasteiger partial charge in [0.05, 0.1) is 4.90 Å². The first kappa shape index (κ1) is 15.7. The molecule has 1 aromatic heterocycles. The van der Waals surface area contributed by atoms with Crippen LogP contribution in [0, 0.1) is 0 Å². The average Bonchev–Trinajstić information content (AvgIpc) is 2.95. The second kappa shape index (κ2) is 6.87. The predicted octanol–water partition coefficient (Wildman–Crippen LogP) is 2.40. The molecule has 0 fully saturated rings. The third kappa shape index (κ3) is 4.99. The highest BCUT2D eigenvalue weighted by Gasteiger charge is 2.07. The highest BCUT2D eigenvalue weighted by Crippen LogP contribution is 2.11. The Bertz CT molecular complexity index is 689. The molecule has 0 radical (unpaired) electrons. The molecule has 6 heteroatoms. The third-order valence-corrected chi connectivity index (χ3v) is 4.92. The lowest BCUT2D eigenvalue weighted by Gasteiger charge is -2.05. The van der Waals surface area contributed by atoms with E-state index in [2.05, 4.69) is 5.32 Å². The monoisotopic (exact) mass is 323 g/mol. The quantitative estimate of drug-likeness (QED) is 0.888. The molecule has 1 heterocycles. The fourth-order valence-corrected chi connectivity index (χ4v) is 3.14. The van der Waals surface area contributed by atoms with Gasteiger partial charge in [-0.2, -0.15) is 11.3 Å². The second-order valence-corrected chi connectivity index (χ2v) is 7.62. The van der Waals surface area contributed by atoms with E-state index in [1.165, 1.54) is 6.26 Å². The minimum Gasteiger partial charge on any atom is -0.352 e. The van der Waals surface area contributed by atoms with Gasteiger partial charge in [0, 0.05) is 19.2 Å². The van der Waals surface area contributed by atoms with E-state index < -0.39 is 9.84 Å². The topological polar surface area (TPSA) is 63.2 Å². The molecule has 0 aliphatic carbocycles. The number of aryl methyl sites for hydroxylation is 1. The molecule has 21 heavy (non-hydrogen) atoms. The SMILES string of the molecule is CS(=O)(=O)c1ccc(CCC(=O)NCc2ccsc2)cc1. The molecule has 1 amide bonds. The molecule has 0 atom stereocenters. The van der Waals surface area contributed by atoms with Crippen LogP contribution in [-0.2, 0) is 27.6 Å². The fraction of sp³-hybridized carbons (Fsp3) is 0.267. The number of benzene rings is 1. The molecule has 4 nitrogen and oxygen atoms in total. The summed E-state index contributed by atoms with van der Waals surface area (Å²) < 4.78 is 22.7. The summed E-state index contributed by atoms with van der Waals surface area (Å²) in [6, 6.07) is 8.64. The molecule has 0 unspecified atom stereocenters. The van der Waals surface area contributed by atoms with Gasteiger partial charge in [-0.3, -0.25) is 4.79 Å². The summed E-state index contributed by atoms with van der Waals surface area (Å²) >= 11 is 1.60. The number of amides is 1. The van der Waals surface area contributed by atoms with Crippen molar-refractivity contribution in [2.24, 2.45) is 0 Å². The van der Waals surface area contributed by atoms with Crippen LogP contribution in [0.25, 0.3) is 0 Å². The van der Waals surface area contributed by atoms with E-state index in [0.717, 1.165) is 11.1 Å². The van der Waals surface area contributed by atoms with Crippen molar-refractivity contribution in [2.75, 3.05) is 6.26 Å². The number of carbonyl (C=O) groups excluding carboxylic acids is 1. The normalized spacial score (nSPS) is 11.3. The van der Waals surface area contributed by atoms with E-state index in [1.807, 2.05) is 16.8 Å². The molecular weight excluding hydrogens is 306 g/mol. The van der Waals surface area contributed by atoms with E-state index in [-0.39, 0.29) is 5.91 Å². The number of thiophene rings is 1. The first-order valence-corrected chi connectivity index (χ1v) is 9.35. The number of hydrogen-bond donors (Lipinski definition) is 1. The smallest absolute Gasteiger partial charge is 0.220 e. The maximum Gasteiger partial charge on any atom is 0.220 e. The minimum absolute atomic E-state index is 0.00612. The van der Waals surface area contributed by atoms with Crippen molar-refractivity contribution in [3.8, 4) is 0 Å². The van der Waals surface area contributed by atoms with Crippen LogP contribution < -0.4 is 5.32 Å². The lowest BCUT2D eigenvalue weighted by atomic mass is 10.1. The van der Waals surface area contributed by atoms with Crippen molar-refractivity contribution in [2.45, 2.75) is 24.3 Å². The number of nitrogens with one attached hydrogen (secondary N) is 1. The molecule has 2 rings (SSSR count). The number of carbonyl (C=O) groups is 1. The Morgan fingerprint density at radius 2 is 1.86 bits per heavy atom. The Hall–Kier alpha value is -1.66. The van der Waals surface area contributed by atoms with Gasteiger partial charge in [-0.05, 0) is 46.5 Å². The van der Waals surface area contributed by atoms with Crippen LogP contribution in [0.1, 0.15) is 17.5 Å². The van der Waals surface area contributed by atoms with E-state index in [1.54, 1.807) is 35.6 Å². The highest BCUT2D eigenvalue weighted by atomic mass is 32.2. The molecule has 1 N–H and O–H groups in total. The van der Waals surface area contributed by atoms with Gasteiger partial charge < -0.3 is 5.32 Å². The fourth-order valence-electron chi connectivity index (χ4n) is 1.84. The molecule has 0 aliphatic heterocycles. The van der Waals surface area contributed by atoms with Crippen LogP contribution in [0.15, 0.2) is 46.0 Å². The summed E-state index contributed by atoms with van der Waals surface area (Å²) in [4.78, 5) is 12.0. The number of hydrogen-bond acceptors (Lipinski definition) is 4. The molecular formula is C15H17NO3S2. The maximum atomic E-state index is 11.7. The minimum atomic E-state index is -3.16. The number of rotatable bonds is 6. The van der Waals surface area contributed by atoms with Gasteiger partial charge in [-0.15, -0.1) is 0 Å². The van der Waals surface area contributed by atoms with Crippen LogP contribution in [0.4, 0.5) is 0 Å². The second-order valence-electron chi connectivity index (χ2n) is 4.82. The lowest BCUT2D eigenvalue weighted by molar-refractivity contribution is -0.121.